The van der Waals surface area contributed by atoms with Gasteiger partial charge in [0.1, 0.15) is 5.82 Å². The van der Waals surface area contributed by atoms with Crippen LogP contribution in [0.3, 0.4) is 0 Å². The van der Waals surface area contributed by atoms with E-state index in [0.29, 0.717) is 25.0 Å². The van der Waals surface area contributed by atoms with Crippen LogP contribution in [0.4, 0.5) is 16.0 Å². The highest BCUT2D eigenvalue weighted by molar-refractivity contribution is 5.92. The Morgan fingerprint density at radius 3 is 2.63 bits per heavy atom. The molecule has 0 saturated heterocycles. The maximum Gasteiger partial charge on any atom is 0.286 e. The summed E-state index contributed by atoms with van der Waals surface area (Å²) >= 11 is 0. The summed E-state index contributed by atoms with van der Waals surface area (Å²) in [7, 11) is 0. The molecule has 27 heavy (non-hydrogen) atoms. The lowest BCUT2D eigenvalue weighted by atomic mass is 9.86. The first kappa shape index (κ1) is 17.6. The minimum absolute atomic E-state index is 0.0708. The molecule has 1 fully saturated rings. The van der Waals surface area contributed by atoms with E-state index in [1.165, 1.54) is 23.1 Å². The molecule has 2 aromatic rings. The Hall–Kier alpha value is -2.77. The fraction of sp³-hybridized carbons (Fsp3) is 0.474. The summed E-state index contributed by atoms with van der Waals surface area (Å²) in [5, 5.41) is 11.0. The summed E-state index contributed by atoms with van der Waals surface area (Å²) in [4.78, 5) is 27.1. The van der Waals surface area contributed by atoms with E-state index in [1.807, 2.05) is 0 Å². The molecule has 1 aromatic carbocycles. The van der Waals surface area contributed by atoms with Crippen molar-refractivity contribution in [2.24, 2.45) is 5.92 Å². The van der Waals surface area contributed by atoms with E-state index in [0.717, 1.165) is 24.9 Å². The number of anilines is 2. The second-order valence-electron chi connectivity index (χ2n) is 7.28. The van der Waals surface area contributed by atoms with Gasteiger partial charge in [-0.1, -0.05) is 19.8 Å². The Labute approximate surface area is 156 Å². The number of carbonyl (C=O) groups excluding carboxylic acids is 1. The predicted octanol–water partition coefficient (Wildman–Crippen LogP) is 2.24. The smallest absolute Gasteiger partial charge is 0.286 e. The average Bonchev–Trinajstić information content (AvgIpc) is 3.09. The van der Waals surface area contributed by atoms with Crippen LogP contribution in [0.5, 0.6) is 0 Å². The van der Waals surface area contributed by atoms with Gasteiger partial charge in [0.15, 0.2) is 0 Å². The quantitative estimate of drug-likeness (QED) is 0.895. The third kappa shape index (κ3) is 3.31. The Kier molecular flexibility index (Phi) is 4.63. The van der Waals surface area contributed by atoms with E-state index in [4.69, 9.17) is 0 Å². The van der Waals surface area contributed by atoms with Crippen molar-refractivity contribution in [3.8, 4) is 0 Å². The number of nitrogens with one attached hydrogen (secondary N) is 1. The van der Waals surface area contributed by atoms with Crippen LogP contribution < -0.4 is 15.8 Å². The summed E-state index contributed by atoms with van der Waals surface area (Å²) in [5.74, 6) is -0.0248. The van der Waals surface area contributed by atoms with Crippen molar-refractivity contribution in [3.63, 3.8) is 0 Å². The van der Waals surface area contributed by atoms with Crippen molar-refractivity contribution < 1.29 is 9.18 Å². The highest BCUT2D eigenvalue weighted by Gasteiger charge is 2.29. The molecule has 1 aromatic heterocycles. The summed E-state index contributed by atoms with van der Waals surface area (Å²) in [6, 6.07) is 6.04. The lowest BCUT2D eigenvalue weighted by Crippen LogP contribution is -2.44. The van der Waals surface area contributed by atoms with E-state index >= 15 is 0 Å². The number of hydrogen-bond donors (Lipinski definition) is 1. The summed E-state index contributed by atoms with van der Waals surface area (Å²) in [6.07, 6.45) is 4.25. The molecule has 2 aliphatic rings. The van der Waals surface area contributed by atoms with Gasteiger partial charge in [-0.2, -0.15) is 0 Å². The average molecular weight is 371 g/mol. The second-order valence-corrected chi connectivity index (χ2v) is 7.28. The van der Waals surface area contributed by atoms with Gasteiger partial charge in [-0.15, -0.1) is 10.2 Å². The summed E-state index contributed by atoms with van der Waals surface area (Å²) in [5.41, 5.74) is 0.118. The molecule has 0 bridgehead atoms. The molecule has 1 aliphatic heterocycles. The van der Waals surface area contributed by atoms with E-state index in [-0.39, 0.29) is 17.6 Å². The van der Waals surface area contributed by atoms with Crippen molar-refractivity contribution in [2.45, 2.75) is 45.2 Å². The van der Waals surface area contributed by atoms with Crippen LogP contribution in [0, 0.1) is 11.7 Å². The van der Waals surface area contributed by atoms with E-state index < -0.39 is 11.5 Å². The molecule has 2 heterocycles. The van der Waals surface area contributed by atoms with Crippen molar-refractivity contribution >= 4 is 17.5 Å². The number of carbonyl (C=O) groups is 1. The standard InChI is InChI=1S/C19H22FN5O2/c1-12-4-2-3-5-15(12)21-17(26)16-18(27)25-11-10-24(19(25)23-22-16)14-8-6-13(20)7-9-14/h6-9,12,15H,2-5,10-11H2,1H3,(H,21,26). The Bertz CT molecular complexity index is 911. The molecule has 0 spiro atoms. The van der Waals surface area contributed by atoms with E-state index in [1.54, 1.807) is 17.0 Å². The maximum atomic E-state index is 13.1. The van der Waals surface area contributed by atoms with Crippen LogP contribution in [0.1, 0.15) is 43.1 Å². The molecule has 0 radical (unpaired) electrons. The zero-order chi connectivity index (χ0) is 19.0. The predicted molar refractivity (Wildman–Crippen MR) is 98.6 cm³/mol. The van der Waals surface area contributed by atoms with Gasteiger partial charge in [-0.25, -0.2) is 4.39 Å². The number of amides is 1. The third-order valence-electron chi connectivity index (χ3n) is 5.50. The fourth-order valence-corrected chi connectivity index (χ4v) is 3.89. The molecule has 1 amide bonds. The number of fused-ring (bicyclic) bond motifs is 1. The van der Waals surface area contributed by atoms with Crippen LogP contribution in [-0.4, -0.2) is 33.3 Å². The van der Waals surface area contributed by atoms with Gasteiger partial charge in [0, 0.05) is 24.8 Å². The van der Waals surface area contributed by atoms with Gasteiger partial charge in [0.2, 0.25) is 11.6 Å². The highest BCUT2D eigenvalue weighted by Crippen LogP contribution is 2.27. The van der Waals surface area contributed by atoms with Gasteiger partial charge in [-0.05, 0) is 43.0 Å². The number of hydrogen-bond acceptors (Lipinski definition) is 5. The van der Waals surface area contributed by atoms with Crippen LogP contribution in [0.25, 0.3) is 0 Å². The minimum Gasteiger partial charge on any atom is -0.347 e. The molecular weight excluding hydrogens is 349 g/mol. The first-order chi connectivity index (χ1) is 13.0. The zero-order valence-electron chi connectivity index (χ0n) is 15.2. The van der Waals surface area contributed by atoms with Gasteiger partial charge >= 0.3 is 0 Å². The highest BCUT2D eigenvalue weighted by atomic mass is 19.1. The molecule has 4 rings (SSSR count). The normalized spacial score (nSPS) is 21.8. The molecule has 7 nitrogen and oxygen atoms in total. The number of nitrogens with zero attached hydrogens (tertiary/aromatic N) is 4. The van der Waals surface area contributed by atoms with Crippen LogP contribution >= 0.6 is 0 Å². The monoisotopic (exact) mass is 371 g/mol. The lowest BCUT2D eigenvalue weighted by molar-refractivity contribution is 0.0901. The van der Waals surface area contributed by atoms with Gasteiger partial charge in [0.05, 0.1) is 0 Å². The van der Waals surface area contributed by atoms with Crippen LogP contribution in [-0.2, 0) is 6.54 Å². The first-order valence-corrected chi connectivity index (χ1v) is 9.36. The van der Waals surface area contributed by atoms with Crippen molar-refractivity contribution in [1.82, 2.24) is 20.1 Å². The van der Waals surface area contributed by atoms with E-state index in [2.05, 4.69) is 22.4 Å². The number of aromatic nitrogens is 3. The molecule has 1 saturated carbocycles. The number of benzene rings is 1. The SMILES string of the molecule is CC1CCCCC1NC(=O)c1nnc2n(c1=O)CCN2c1ccc(F)cc1. The summed E-state index contributed by atoms with van der Waals surface area (Å²) < 4.78 is 14.6. The van der Waals surface area contributed by atoms with Crippen LogP contribution in [0.15, 0.2) is 29.1 Å². The number of halogens is 1. The zero-order valence-corrected chi connectivity index (χ0v) is 15.2. The largest absolute Gasteiger partial charge is 0.347 e. The van der Waals surface area contributed by atoms with Crippen LogP contribution in [0.2, 0.25) is 0 Å². The summed E-state index contributed by atoms with van der Waals surface area (Å²) in [6.45, 7) is 3.04. The molecular formula is C19H22FN5O2. The van der Waals surface area contributed by atoms with E-state index in [9.17, 15) is 14.0 Å². The maximum absolute atomic E-state index is 13.1. The molecule has 1 N–H and O–H groups in total. The fourth-order valence-electron chi connectivity index (χ4n) is 3.89. The minimum atomic E-state index is -0.457. The Morgan fingerprint density at radius 1 is 1.15 bits per heavy atom. The third-order valence-corrected chi connectivity index (χ3v) is 5.50. The van der Waals surface area contributed by atoms with Gasteiger partial charge in [0.25, 0.3) is 11.5 Å². The van der Waals surface area contributed by atoms with Crippen molar-refractivity contribution in [2.75, 3.05) is 11.4 Å². The van der Waals surface area contributed by atoms with Crippen molar-refractivity contribution in [1.29, 1.82) is 0 Å². The topological polar surface area (TPSA) is 80.1 Å². The Balaban J connectivity index is 1.58. The Morgan fingerprint density at radius 2 is 1.89 bits per heavy atom. The van der Waals surface area contributed by atoms with Crippen molar-refractivity contribution in [3.05, 3.63) is 46.1 Å². The molecule has 2 atom stereocenters. The first-order valence-electron chi connectivity index (χ1n) is 9.36. The van der Waals surface area contributed by atoms with Gasteiger partial charge in [-0.3, -0.25) is 14.2 Å². The molecule has 1 aliphatic carbocycles. The van der Waals surface area contributed by atoms with Gasteiger partial charge < -0.3 is 10.2 Å². The molecule has 142 valence electrons. The second kappa shape index (κ2) is 7.09. The lowest BCUT2D eigenvalue weighted by Gasteiger charge is -2.29. The molecule has 2 unspecified atom stereocenters. The number of rotatable bonds is 3. The molecule has 8 heteroatoms.